The van der Waals surface area contributed by atoms with E-state index in [9.17, 15) is 9.18 Å². The number of nitrogen functional groups attached to an aromatic ring is 1. The van der Waals surface area contributed by atoms with Gasteiger partial charge in [-0.15, -0.1) is 11.8 Å². The average Bonchev–Trinajstić information content (AvgIpc) is 3.67. The standard InChI is InChI=1S/C27H32ClN7O2S.C7H12FN/c1-14-21-12-34(7-4-8-35(21)33-24(14)26(36)30-2)25-18-13-38-22(11-20(18)31-27(32-25)37-3)17-9-16(29)10-19(28)23(17)15-5-6-15;8-6-4-7-2-1-3-9(7)5-6/h9-10,15,22H,4-8,11-13,29H2,1-3H3,(H,30,36);6-7H,1-5H2. The van der Waals surface area contributed by atoms with Crippen LogP contribution in [-0.2, 0) is 25.3 Å². The maximum Gasteiger partial charge on any atom is 0.318 e. The van der Waals surface area contributed by atoms with E-state index >= 15 is 0 Å². The number of aryl methyl sites for hydroxylation is 1. The first-order valence-electron chi connectivity index (χ1n) is 16.8. The van der Waals surface area contributed by atoms with Gasteiger partial charge in [-0.2, -0.15) is 15.1 Å². The minimum atomic E-state index is -0.518. The molecule has 3 atom stereocenters. The minimum Gasteiger partial charge on any atom is -0.467 e. The van der Waals surface area contributed by atoms with E-state index in [-0.39, 0.29) is 11.2 Å². The molecule has 3 N–H and O–H groups in total. The number of nitrogens with two attached hydrogens (primary N) is 1. The number of thioether (sulfide) groups is 1. The Hall–Kier alpha value is -3.09. The molecule has 6 heterocycles. The minimum absolute atomic E-state index is 0.162. The first-order chi connectivity index (χ1) is 22.7. The van der Waals surface area contributed by atoms with Crippen molar-refractivity contribution in [2.45, 2.75) is 94.1 Å². The van der Waals surface area contributed by atoms with Crippen LogP contribution < -0.4 is 20.7 Å². The molecule has 13 heteroatoms. The van der Waals surface area contributed by atoms with E-state index in [2.05, 4.69) is 26.3 Å². The van der Waals surface area contributed by atoms with Gasteiger partial charge in [0.2, 0.25) is 0 Å². The van der Waals surface area contributed by atoms with E-state index in [1.54, 1.807) is 14.2 Å². The molecule has 1 amide bonds. The molecule has 0 bridgehead atoms. The number of carbonyl (C=O) groups is 1. The molecule has 0 radical (unpaired) electrons. The second-order valence-corrected chi connectivity index (χ2v) is 15.0. The third kappa shape index (κ3) is 6.53. The van der Waals surface area contributed by atoms with Crippen molar-refractivity contribution in [3.63, 3.8) is 0 Å². The third-order valence-electron chi connectivity index (χ3n) is 10.2. The Morgan fingerprint density at radius 1 is 1.17 bits per heavy atom. The number of anilines is 2. The maximum absolute atomic E-state index is 12.6. The van der Waals surface area contributed by atoms with Gasteiger partial charge in [-0.1, -0.05) is 11.6 Å². The monoisotopic (exact) mass is 682 g/mol. The van der Waals surface area contributed by atoms with Crippen LogP contribution in [0, 0.1) is 6.92 Å². The topological polar surface area (TPSA) is 114 Å². The summed E-state index contributed by atoms with van der Waals surface area (Å²) in [6, 6.07) is 4.97. The lowest BCUT2D eigenvalue weighted by Crippen LogP contribution is -2.27. The van der Waals surface area contributed by atoms with E-state index in [0.29, 0.717) is 42.4 Å². The molecule has 47 heavy (non-hydrogen) atoms. The fraction of sp³-hybridized carbons (Fsp3) is 0.588. The summed E-state index contributed by atoms with van der Waals surface area (Å²) in [7, 11) is 3.25. The predicted molar refractivity (Wildman–Crippen MR) is 184 cm³/mol. The first-order valence-corrected chi connectivity index (χ1v) is 18.2. The number of nitrogens with one attached hydrogen (secondary N) is 1. The molecule has 4 aliphatic heterocycles. The van der Waals surface area contributed by atoms with Crippen LogP contribution in [0.3, 0.4) is 0 Å². The molecule has 2 aromatic heterocycles. The summed E-state index contributed by atoms with van der Waals surface area (Å²) in [5.41, 5.74) is 14.0. The van der Waals surface area contributed by atoms with E-state index < -0.39 is 6.17 Å². The molecule has 3 unspecified atom stereocenters. The number of halogens is 2. The van der Waals surface area contributed by atoms with Crippen LogP contribution in [0.25, 0.3) is 0 Å². The number of rotatable bonds is 5. The first kappa shape index (κ1) is 32.5. The van der Waals surface area contributed by atoms with Crippen LogP contribution in [0.4, 0.5) is 15.9 Å². The fourth-order valence-corrected chi connectivity index (χ4v) is 9.40. The fourth-order valence-electron chi connectivity index (χ4n) is 7.70. The van der Waals surface area contributed by atoms with Crippen molar-refractivity contribution in [3.8, 4) is 6.01 Å². The number of aromatic nitrogens is 4. The molecule has 1 aromatic carbocycles. The van der Waals surface area contributed by atoms with Crippen molar-refractivity contribution in [1.82, 2.24) is 30.0 Å². The molecule has 2 saturated heterocycles. The SMILES string of the molecule is CNC(=O)c1nn2c(c1C)CN(c1nc(OC)nc3c1CSC(c1cc(N)cc(Cl)c1C1CC1)C3)CCC2.FC1CC2CCCN2C1. The van der Waals surface area contributed by atoms with Gasteiger partial charge in [0.05, 0.1) is 25.0 Å². The highest BCUT2D eigenvalue weighted by Crippen LogP contribution is 2.52. The molecule has 1 saturated carbocycles. The molecule has 3 fully saturated rings. The molecular formula is C34H44ClFN8O2S. The van der Waals surface area contributed by atoms with Crippen molar-refractivity contribution in [3.05, 3.63) is 56.5 Å². The summed E-state index contributed by atoms with van der Waals surface area (Å²) in [6.07, 6.45) is 6.82. The normalized spacial score (nSPS) is 23.7. The number of carbonyl (C=O) groups excluding carboxylic acids is 1. The summed E-state index contributed by atoms with van der Waals surface area (Å²) in [5.74, 6) is 2.06. The number of nitrogens with zero attached hydrogens (tertiary/aromatic N) is 6. The zero-order valence-corrected chi connectivity index (χ0v) is 29.0. The van der Waals surface area contributed by atoms with Crippen molar-refractivity contribution in [1.29, 1.82) is 0 Å². The van der Waals surface area contributed by atoms with Crippen LogP contribution in [-0.4, -0.2) is 76.6 Å². The highest BCUT2D eigenvalue weighted by molar-refractivity contribution is 7.98. The number of fused-ring (bicyclic) bond motifs is 3. The number of ether oxygens (including phenoxy) is 1. The van der Waals surface area contributed by atoms with Crippen molar-refractivity contribution >= 4 is 40.8 Å². The summed E-state index contributed by atoms with van der Waals surface area (Å²) < 4.78 is 20.1. The lowest BCUT2D eigenvalue weighted by Gasteiger charge is -2.31. The van der Waals surface area contributed by atoms with Crippen molar-refractivity contribution < 1.29 is 13.9 Å². The predicted octanol–water partition coefficient (Wildman–Crippen LogP) is 5.60. The maximum atomic E-state index is 12.6. The summed E-state index contributed by atoms with van der Waals surface area (Å²) in [4.78, 5) is 26.6. The van der Waals surface area contributed by atoms with Gasteiger partial charge < -0.3 is 20.7 Å². The van der Waals surface area contributed by atoms with Crippen molar-refractivity contribution in [2.75, 3.05) is 44.4 Å². The Morgan fingerprint density at radius 3 is 2.74 bits per heavy atom. The van der Waals surface area contributed by atoms with Crippen LogP contribution in [0.1, 0.15) is 93.8 Å². The van der Waals surface area contributed by atoms with Gasteiger partial charge in [0.1, 0.15) is 12.0 Å². The lowest BCUT2D eigenvalue weighted by molar-refractivity contribution is 0.0956. The highest BCUT2D eigenvalue weighted by Gasteiger charge is 2.36. The second kappa shape index (κ2) is 13.4. The van der Waals surface area contributed by atoms with Crippen LogP contribution in [0.15, 0.2) is 12.1 Å². The van der Waals surface area contributed by atoms with Gasteiger partial charge in [-0.3, -0.25) is 14.4 Å². The molecule has 0 spiro atoms. The Labute approximate surface area is 285 Å². The van der Waals surface area contributed by atoms with Crippen molar-refractivity contribution in [2.24, 2.45) is 0 Å². The van der Waals surface area contributed by atoms with Crippen LogP contribution >= 0.6 is 23.4 Å². The number of hydrogen-bond donors (Lipinski definition) is 2. The zero-order chi connectivity index (χ0) is 32.8. The van der Waals surface area contributed by atoms with E-state index in [1.807, 2.05) is 29.4 Å². The quantitative estimate of drug-likeness (QED) is 0.332. The van der Waals surface area contributed by atoms with Crippen LogP contribution in [0.2, 0.25) is 5.02 Å². The zero-order valence-electron chi connectivity index (χ0n) is 27.4. The van der Waals surface area contributed by atoms with Gasteiger partial charge in [0, 0.05) is 72.0 Å². The van der Waals surface area contributed by atoms with Gasteiger partial charge in [-0.25, -0.2) is 4.39 Å². The summed E-state index contributed by atoms with van der Waals surface area (Å²) >= 11 is 8.59. The van der Waals surface area contributed by atoms with Gasteiger partial charge in [0.15, 0.2) is 5.69 Å². The molecule has 3 aromatic rings. The van der Waals surface area contributed by atoms with E-state index in [4.69, 9.17) is 32.0 Å². The van der Waals surface area contributed by atoms with E-state index in [1.165, 1.54) is 36.8 Å². The smallest absolute Gasteiger partial charge is 0.318 e. The Bertz CT molecular complexity index is 1650. The second-order valence-electron chi connectivity index (χ2n) is 13.4. The summed E-state index contributed by atoms with van der Waals surface area (Å²) in [5, 5.41) is 8.31. The molecule has 10 nitrogen and oxygen atoms in total. The number of alkyl halides is 1. The van der Waals surface area contributed by atoms with Gasteiger partial charge >= 0.3 is 6.01 Å². The van der Waals surface area contributed by atoms with Gasteiger partial charge in [-0.05, 0) is 81.2 Å². The largest absolute Gasteiger partial charge is 0.467 e. The molecule has 5 aliphatic rings. The molecule has 1 aliphatic carbocycles. The molecule has 252 valence electrons. The van der Waals surface area contributed by atoms with Crippen LogP contribution in [0.5, 0.6) is 6.01 Å². The molecule has 8 rings (SSSR count). The highest BCUT2D eigenvalue weighted by atomic mass is 35.5. The number of methoxy groups -OCH3 is 1. The van der Waals surface area contributed by atoms with E-state index in [0.717, 1.165) is 78.0 Å². The average molecular weight is 683 g/mol. The lowest BCUT2D eigenvalue weighted by atomic mass is 9.96. The Kier molecular flexibility index (Phi) is 9.28. The summed E-state index contributed by atoms with van der Waals surface area (Å²) in [6.45, 7) is 6.03. The number of amides is 1. The number of benzene rings is 1. The Balaban J connectivity index is 0.000000334. The number of hydrogen-bond acceptors (Lipinski definition) is 9. The Morgan fingerprint density at radius 2 is 2.00 bits per heavy atom. The third-order valence-corrected chi connectivity index (χ3v) is 11.8. The molecular weight excluding hydrogens is 639 g/mol. The van der Waals surface area contributed by atoms with Gasteiger partial charge in [0.25, 0.3) is 5.91 Å².